The molecule has 2 rings (SSSR count). The lowest BCUT2D eigenvalue weighted by atomic mass is 10.1. The first kappa shape index (κ1) is 12.8. The zero-order valence-corrected chi connectivity index (χ0v) is 10.4. The number of aliphatic hydroxyl groups is 1. The summed E-state index contributed by atoms with van der Waals surface area (Å²) in [5, 5.41) is 10.5. The van der Waals surface area contributed by atoms with Crippen LogP contribution in [0.3, 0.4) is 0 Å². The fraction of sp³-hybridized carbons (Fsp3) is 0.154. The van der Waals surface area contributed by atoms with Gasteiger partial charge in [-0.2, -0.15) is 0 Å². The molecule has 1 unspecified atom stereocenters. The average Bonchev–Trinajstić information content (AvgIpc) is 2.38. The summed E-state index contributed by atoms with van der Waals surface area (Å²) < 4.78 is 18.7. The van der Waals surface area contributed by atoms with Crippen molar-refractivity contribution in [3.8, 4) is 5.75 Å². The van der Waals surface area contributed by atoms with E-state index in [2.05, 4.69) is 4.98 Å². The van der Waals surface area contributed by atoms with Crippen molar-refractivity contribution in [3.05, 3.63) is 58.6 Å². The van der Waals surface area contributed by atoms with Crippen molar-refractivity contribution in [2.75, 3.05) is 7.11 Å². The highest BCUT2D eigenvalue weighted by molar-refractivity contribution is 6.30. The second kappa shape index (κ2) is 5.33. The van der Waals surface area contributed by atoms with Crippen LogP contribution in [0.5, 0.6) is 5.75 Å². The maximum absolute atomic E-state index is 13.8. The highest BCUT2D eigenvalue weighted by atomic mass is 35.5. The molecule has 0 fully saturated rings. The van der Waals surface area contributed by atoms with E-state index in [1.807, 2.05) is 0 Å². The first-order valence-corrected chi connectivity index (χ1v) is 5.62. The number of aromatic nitrogens is 1. The van der Waals surface area contributed by atoms with Gasteiger partial charge >= 0.3 is 0 Å². The van der Waals surface area contributed by atoms with Crippen molar-refractivity contribution >= 4 is 11.6 Å². The molecule has 1 atom stereocenters. The minimum atomic E-state index is -1.13. The molecule has 94 valence electrons. The molecule has 0 radical (unpaired) electrons. The minimum absolute atomic E-state index is 0.144. The van der Waals surface area contributed by atoms with Gasteiger partial charge in [0.25, 0.3) is 0 Å². The standard InChI is InChI=1S/C13H11ClFNO2/c1-18-9-3-4-10(11(15)6-9)13(17)12-5-2-8(14)7-16-12/h2-7,13,17H,1H3. The van der Waals surface area contributed by atoms with Gasteiger partial charge in [-0.1, -0.05) is 11.6 Å². The Morgan fingerprint density at radius 1 is 1.33 bits per heavy atom. The molecule has 0 bridgehead atoms. The number of pyridine rings is 1. The molecule has 2 aromatic rings. The fourth-order valence-electron chi connectivity index (χ4n) is 1.56. The van der Waals surface area contributed by atoms with Gasteiger partial charge in [0.2, 0.25) is 0 Å². The largest absolute Gasteiger partial charge is 0.497 e. The van der Waals surface area contributed by atoms with E-state index in [9.17, 15) is 9.50 Å². The molecular weight excluding hydrogens is 257 g/mol. The first-order valence-electron chi connectivity index (χ1n) is 5.25. The van der Waals surface area contributed by atoms with E-state index in [0.29, 0.717) is 16.5 Å². The number of ether oxygens (including phenoxy) is 1. The molecule has 18 heavy (non-hydrogen) atoms. The fourth-order valence-corrected chi connectivity index (χ4v) is 1.68. The second-order valence-electron chi connectivity index (χ2n) is 3.69. The van der Waals surface area contributed by atoms with Crippen LogP contribution in [-0.4, -0.2) is 17.2 Å². The number of nitrogens with zero attached hydrogens (tertiary/aromatic N) is 1. The molecule has 0 saturated heterocycles. The summed E-state index contributed by atoms with van der Waals surface area (Å²) in [6, 6.07) is 7.41. The number of methoxy groups -OCH3 is 1. The first-order chi connectivity index (χ1) is 8.61. The van der Waals surface area contributed by atoms with E-state index in [0.717, 1.165) is 0 Å². The molecule has 0 aliphatic rings. The summed E-state index contributed by atoms with van der Waals surface area (Å²) in [5.74, 6) is -0.147. The van der Waals surface area contributed by atoms with Crippen LogP contribution in [-0.2, 0) is 0 Å². The van der Waals surface area contributed by atoms with Crippen LogP contribution in [0.25, 0.3) is 0 Å². The van der Waals surface area contributed by atoms with E-state index in [1.54, 1.807) is 18.2 Å². The molecule has 0 saturated carbocycles. The van der Waals surface area contributed by atoms with Gasteiger partial charge in [0, 0.05) is 17.8 Å². The van der Waals surface area contributed by atoms with E-state index < -0.39 is 11.9 Å². The van der Waals surface area contributed by atoms with Gasteiger partial charge in [0.05, 0.1) is 17.8 Å². The minimum Gasteiger partial charge on any atom is -0.497 e. The third-order valence-corrected chi connectivity index (χ3v) is 2.76. The molecule has 0 spiro atoms. The lowest BCUT2D eigenvalue weighted by molar-refractivity contribution is 0.210. The lowest BCUT2D eigenvalue weighted by Crippen LogP contribution is -2.04. The molecular formula is C13H11ClFNO2. The van der Waals surface area contributed by atoms with Crippen molar-refractivity contribution in [1.29, 1.82) is 0 Å². The topological polar surface area (TPSA) is 42.4 Å². The smallest absolute Gasteiger partial charge is 0.133 e. The Balaban J connectivity index is 2.33. The number of aliphatic hydroxyl groups excluding tert-OH is 1. The van der Waals surface area contributed by atoms with E-state index in [4.69, 9.17) is 16.3 Å². The third kappa shape index (κ3) is 2.60. The molecule has 0 amide bonds. The molecule has 5 heteroatoms. The Kier molecular flexibility index (Phi) is 3.79. The Morgan fingerprint density at radius 2 is 2.11 bits per heavy atom. The summed E-state index contributed by atoms with van der Waals surface area (Å²) in [6.45, 7) is 0. The van der Waals surface area contributed by atoms with Gasteiger partial charge < -0.3 is 9.84 Å². The van der Waals surface area contributed by atoms with Crippen LogP contribution in [0.4, 0.5) is 4.39 Å². The SMILES string of the molecule is COc1ccc(C(O)c2ccc(Cl)cn2)c(F)c1. The number of halogens is 2. The Labute approximate surface area is 109 Å². The Morgan fingerprint density at radius 3 is 2.67 bits per heavy atom. The van der Waals surface area contributed by atoms with Gasteiger partial charge in [-0.15, -0.1) is 0 Å². The lowest BCUT2D eigenvalue weighted by Gasteiger charge is -2.12. The third-order valence-electron chi connectivity index (χ3n) is 2.53. The molecule has 3 nitrogen and oxygen atoms in total. The molecule has 1 heterocycles. The van der Waals surface area contributed by atoms with Gasteiger partial charge in [-0.25, -0.2) is 4.39 Å². The zero-order chi connectivity index (χ0) is 13.1. The molecule has 0 aliphatic heterocycles. The summed E-state index contributed by atoms with van der Waals surface area (Å²) in [5.41, 5.74) is 0.481. The van der Waals surface area contributed by atoms with Crippen LogP contribution < -0.4 is 4.74 Å². The van der Waals surface area contributed by atoms with Gasteiger partial charge in [0.1, 0.15) is 17.7 Å². The number of benzene rings is 1. The van der Waals surface area contributed by atoms with Gasteiger partial charge in [-0.3, -0.25) is 4.98 Å². The van der Waals surface area contributed by atoms with E-state index in [-0.39, 0.29) is 5.56 Å². The van der Waals surface area contributed by atoms with Crippen LogP contribution in [0, 0.1) is 5.82 Å². The quantitative estimate of drug-likeness (QED) is 0.930. The molecule has 1 N–H and O–H groups in total. The Hall–Kier alpha value is -1.65. The van der Waals surface area contributed by atoms with E-state index >= 15 is 0 Å². The monoisotopic (exact) mass is 267 g/mol. The molecule has 0 aliphatic carbocycles. The van der Waals surface area contributed by atoms with Crippen LogP contribution in [0.2, 0.25) is 5.02 Å². The summed E-state index contributed by atoms with van der Waals surface area (Å²) in [6.07, 6.45) is 0.273. The summed E-state index contributed by atoms with van der Waals surface area (Å²) in [4.78, 5) is 3.96. The number of hydrogen-bond donors (Lipinski definition) is 1. The molecule has 1 aromatic carbocycles. The second-order valence-corrected chi connectivity index (χ2v) is 4.13. The van der Waals surface area contributed by atoms with Crippen molar-refractivity contribution < 1.29 is 14.2 Å². The van der Waals surface area contributed by atoms with Crippen LogP contribution in [0.15, 0.2) is 36.5 Å². The van der Waals surface area contributed by atoms with Crippen molar-refractivity contribution in [3.63, 3.8) is 0 Å². The molecule has 1 aromatic heterocycles. The predicted octanol–water partition coefficient (Wildman–Crippen LogP) is 2.96. The normalized spacial score (nSPS) is 12.2. The Bertz CT molecular complexity index is 545. The van der Waals surface area contributed by atoms with Crippen LogP contribution >= 0.6 is 11.6 Å². The van der Waals surface area contributed by atoms with Crippen molar-refractivity contribution in [2.24, 2.45) is 0 Å². The van der Waals surface area contributed by atoms with Crippen molar-refractivity contribution in [2.45, 2.75) is 6.10 Å². The predicted molar refractivity (Wildman–Crippen MR) is 66.3 cm³/mol. The van der Waals surface area contributed by atoms with Gasteiger partial charge in [-0.05, 0) is 24.3 Å². The zero-order valence-electron chi connectivity index (χ0n) is 9.60. The number of rotatable bonds is 3. The van der Waals surface area contributed by atoms with Gasteiger partial charge in [0.15, 0.2) is 0 Å². The van der Waals surface area contributed by atoms with Crippen LogP contribution in [0.1, 0.15) is 17.4 Å². The maximum atomic E-state index is 13.8. The average molecular weight is 268 g/mol. The van der Waals surface area contributed by atoms with Crippen molar-refractivity contribution in [1.82, 2.24) is 4.98 Å². The highest BCUT2D eigenvalue weighted by Crippen LogP contribution is 2.26. The summed E-state index contributed by atoms with van der Waals surface area (Å²) in [7, 11) is 1.45. The summed E-state index contributed by atoms with van der Waals surface area (Å²) >= 11 is 5.70. The highest BCUT2D eigenvalue weighted by Gasteiger charge is 2.16. The van der Waals surface area contributed by atoms with E-state index in [1.165, 1.54) is 25.4 Å². The number of hydrogen-bond acceptors (Lipinski definition) is 3. The maximum Gasteiger partial charge on any atom is 0.133 e.